The van der Waals surface area contributed by atoms with Gasteiger partial charge >= 0.3 is 0 Å². The van der Waals surface area contributed by atoms with E-state index in [-0.39, 0.29) is 11.8 Å². The molecule has 2 amide bonds. The highest BCUT2D eigenvalue weighted by Gasteiger charge is 2.43. The number of carbonyl (C=O) groups is 2. The zero-order valence-corrected chi connectivity index (χ0v) is 21.3. The molecule has 0 radical (unpaired) electrons. The first-order valence-corrected chi connectivity index (χ1v) is 12.7. The second kappa shape index (κ2) is 10.6. The van der Waals surface area contributed by atoms with Gasteiger partial charge in [0, 0.05) is 18.2 Å². The number of benzene rings is 2. The van der Waals surface area contributed by atoms with Gasteiger partial charge in [0.15, 0.2) is 4.32 Å². The van der Waals surface area contributed by atoms with Crippen LogP contribution in [0.4, 0.5) is 11.4 Å². The minimum absolute atomic E-state index is 0.144. The molecule has 2 heterocycles. The fraction of sp³-hybridized carbons (Fsp3) is 0.346. The van der Waals surface area contributed by atoms with E-state index in [0.717, 1.165) is 42.3 Å². The second-order valence-electron chi connectivity index (χ2n) is 8.14. The van der Waals surface area contributed by atoms with Crippen LogP contribution in [0.15, 0.2) is 47.4 Å². The number of thioether (sulfide) groups is 1. The number of amides is 2. The Balaban J connectivity index is 1.69. The molecular formula is C26H28N2O4S2. The number of anilines is 2. The van der Waals surface area contributed by atoms with Crippen LogP contribution in [0.25, 0.3) is 5.57 Å². The van der Waals surface area contributed by atoms with E-state index in [1.807, 2.05) is 24.3 Å². The highest BCUT2D eigenvalue weighted by atomic mass is 32.2. The van der Waals surface area contributed by atoms with Crippen molar-refractivity contribution in [2.75, 3.05) is 30.6 Å². The fourth-order valence-corrected chi connectivity index (χ4v) is 5.65. The van der Waals surface area contributed by atoms with Crippen molar-refractivity contribution in [2.45, 2.75) is 39.0 Å². The van der Waals surface area contributed by atoms with E-state index in [9.17, 15) is 9.59 Å². The largest absolute Gasteiger partial charge is 0.497 e. The van der Waals surface area contributed by atoms with Crippen LogP contribution >= 0.6 is 24.0 Å². The molecule has 4 rings (SSSR count). The summed E-state index contributed by atoms with van der Waals surface area (Å²) in [6.07, 6.45) is 5.54. The Hall–Kier alpha value is -2.84. The van der Waals surface area contributed by atoms with E-state index in [1.54, 1.807) is 30.2 Å². The first-order chi connectivity index (χ1) is 16.5. The smallest absolute Gasteiger partial charge is 0.271 e. The molecule has 2 aliphatic rings. The van der Waals surface area contributed by atoms with Crippen molar-refractivity contribution in [2.24, 2.45) is 0 Å². The summed E-state index contributed by atoms with van der Waals surface area (Å²) in [6.45, 7) is 2.82. The van der Waals surface area contributed by atoms with E-state index >= 15 is 0 Å². The molecule has 0 aliphatic carbocycles. The molecule has 1 saturated heterocycles. The summed E-state index contributed by atoms with van der Waals surface area (Å²) in [4.78, 5) is 30.8. The van der Waals surface area contributed by atoms with Gasteiger partial charge < -0.3 is 14.4 Å². The summed E-state index contributed by atoms with van der Waals surface area (Å²) in [6, 6.07) is 12.9. The Bertz CT molecular complexity index is 1160. The first-order valence-electron chi connectivity index (χ1n) is 11.5. The maximum atomic E-state index is 13.7. The molecule has 178 valence electrons. The highest BCUT2D eigenvalue weighted by molar-refractivity contribution is 8.27. The molecule has 2 aliphatic heterocycles. The lowest BCUT2D eigenvalue weighted by Crippen LogP contribution is -2.30. The predicted molar refractivity (Wildman–Crippen MR) is 142 cm³/mol. The Morgan fingerprint density at radius 3 is 2.41 bits per heavy atom. The summed E-state index contributed by atoms with van der Waals surface area (Å²) in [5, 5.41) is 0. The molecule has 0 bridgehead atoms. The summed E-state index contributed by atoms with van der Waals surface area (Å²) in [5.74, 6) is 0.601. The fourth-order valence-electron chi connectivity index (χ4n) is 4.29. The zero-order valence-electron chi connectivity index (χ0n) is 19.6. The number of fused-ring (bicyclic) bond motifs is 1. The van der Waals surface area contributed by atoms with Gasteiger partial charge in [-0.15, -0.1) is 0 Å². The van der Waals surface area contributed by atoms with Crippen LogP contribution in [0.1, 0.15) is 44.6 Å². The number of unbranched alkanes of at least 4 members (excludes halogenated alkanes) is 4. The van der Waals surface area contributed by atoms with Gasteiger partial charge in [-0.25, -0.2) is 0 Å². The molecule has 0 saturated carbocycles. The number of para-hydroxylation sites is 1. The van der Waals surface area contributed by atoms with Crippen LogP contribution in [0.2, 0.25) is 0 Å². The van der Waals surface area contributed by atoms with Crippen molar-refractivity contribution in [3.63, 3.8) is 0 Å². The second-order valence-corrected chi connectivity index (χ2v) is 9.78. The standard InChI is InChI=1S/C26H28N2O4S2/c1-4-5-6-7-10-15-27-19-12-9-8-11-18(19)22(24(27)29)23-25(30)28(26(33)34-23)20-16-17(31-2)13-14-21(20)32-3/h8-9,11-14,16H,4-7,10,15H2,1-3H3/b23-22-. The third-order valence-corrected chi connectivity index (χ3v) is 7.40. The molecule has 1 fully saturated rings. The Kier molecular flexibility index (Phi) is 7.58. The van der Waals surface area contributed by atoms with E-state index in [0.29, 0.717) is 38.5 Å². The van der Waals surface area contributed by atoms with Gasteiger partial charge in [0.05, 0.1) is 36.1 Å². The van der Waals surface area contributed by atoms with Gasteiger partial charge in [-0.05, 0) is 24.6 Å². The number of carbonyl (C=O) groups excluding carboxylic acids is 2. The SMILES string of the molecule is CCCCCCCN1C(=O)/C(=C2\SC(=S)N(c3cc(OC)ccc3OC)C2=O)c2ccccc21. The average molecular weight is 497 g/mol. The summed E-state index contributed by atoms with van der Waals surface area (Å²) < 4.78 is 11.2. The van der Waals surface area contributed by atoms with Crippen LogP contribution in [-0.2, 0) is 9.59 Å². The van der Waals surface area contributed by atoms with Crippen molar-refractivity contribution in [1.29, 1.82) is 0 Å². The van der Waals surface area contributed by atoms with Crippen molar-refractivity contribution < 1.29 is 19.1 Å². The molecule has 0 aromatic heterocycles. The number of rotatable bonds is 9. The zero-order chi connectivity index (χ0) is 24.2. The number of hydrogen-bond donors (Lipinski definition) is 0. The minimum atomic E-state index is -0.329. The number of thiocarbonyl (C=S) groups is 1. The van der Waals surface area contributed by atoms with Crippen molar-refractivity contribution in [3.05, 3.63) is 52.9 Å². The van der Waals surface area contributed by atoms with Gasteiger partial charge in [-0.2, -0.15) is 0 Å². The topological polar surface area (TPSA) is 59.1 Å². The normalized spacial score (nSPS) is 17.6. The summed E-state index contributed by atoms with van der Waals surface area (Å²) in [5.41, 5.74) is 2.54. The maximum absolute atomic E-state index is 13.7. The third kappa shape index (κ3) is 4.44. The van der Waals surface area contributed by atoms with Crippen LogP contribution in [0, 0.1) is 0 Å². The number of methoxy groups -OCH3 is 2. The first kappa shape index (κ1) is 24.3. The lowest BCUT2D eigenvalue weighted by atomic mass is 10.1. The molecule has 2 aromatic carbocycles. The molecule has 2 aromatic rings. The highest BCUT2D eigenvalue weighted by Crippen LogP contribution is 2.47. The van der Waals surface area contributed by atoms with E-state index in [2.05, 4.69) is 6.92 Å². The molecule has 0 N–H and O–H groups in total. The number of hydrogen-bond acceptors (Lipinski definition) is 6. The summed E-state index contributed by atoms with van der Waals surface area (Å²) >= 11 is 6.74. The molecular weight excluding hydrogens is 468 g/mol. The lowest BCUT2D eigenvalue weighted by molar-refractivity contribution is -0.115. The predicted octanol–water partition coefficient (Wildman–Crippen LogP) is 5.80. The third-order valence-electron chi connectivity index (χ3n) is 6.03. The van der Waals surface area contributed by atoms with Gasteiger partial charge in [-0.1, -0.05) is 74.8 Å². The van der Waals surface area contributed by atoms with E-state index in [1.165, 1.54) is 24.9 Å². The van der Waals surface area contributed by atoms with Gasteiger partial charge in [0.2, 0.25) is 0 Å². The molecule has 0 atom stereocenters. The maximum Gasteiger partial charge on any atom is 0.271 e. The van der Waals surface area contributed by atoms with Crippen molar-refractivity contribution >= 4 is 57.1 Å². The Morgan fingerprint density at radius 1 is 0.912 bits per heavy atom. The van der Waals surface area contributed by atoms with Crippen molar-refractivity contribution in [3.8, 4) is 11.5 Å². The molecule has 0 unspecified atom stereocenters. The van der Waals surface area contributed by atoms with Crippen molar-refractivity contribution in [1.82, 2.24) is 0 Å². The average Bonchev–Trinajstić information content (AvgIpc) is 3.29. The quantitative estimate of drug-likeness (QED) is 0.249. The van der Waals surface area contributed by atoms with Crippen LogP contribution in [0.5, 0.6) is 11.5 Å². The molecule has 34 heavy (non-hydrogen) atoms. The molecule has 6 nitrogen and oxygen atoms in total. The molecule has 0 spiro atoms. The van der Waals surface area contributed by atoms with Gasteiger partial charge in [-0.3, -0.25) is 14.5 Å². The van der Waals surface area contributed by atoms with E-state index < -0.39 is 0 Å². The number of nitrogens with zero attached hydrogens (tertiary/aromatic N) is 2. The molecule has 8 heteroatoms. The van der Waals surface area contributed by atoms with Crippen LogP contribution < -0.4 is 19.3 Å². The Morgan fingerprint density at radius 2 is 1.68 bits per heavy atom. The number of ether oxygens (including phenoxy) is 2. The summed E-state index contributed by atoms with van der Waals surface area (Å²) in [7, 11) is 3.10. The lowest BCUT2D eigenvalue weighted by Gasteiger charge is -2.19. The van der Waals surface area contributed by atoms with E-state index in [4.69, 9.17) is 21.7 Å². The minimum Gasteiger partial charge on any atom is -0.497 e. The van der Waals surface area contributed by atoms with Crippen LogP contribution in [0.3, 0.4) is 0 Å². The van der Waals surface area contributed by atoms with Gasteiger partial charge in [0.1, 0.15) is 11.5 Å². The van der Waals surface area contributed by atoms with Gasteiger partial charge in [0.25, 0.3) is 11.8 Å². The Labute approximate surface area is 209 Å². The van der Waals surface area contributed by atoms with Crippen LogP contribution in [-0.4, -0.2) is 36.9 Å². The monoisotopic (exact) mass is 496 g/mol.